The summed E-state index contributed by atoms with van der Waals surface area (Å²) in [5.41, 5.74) is 3.80. The molecular formula is C18H22N4O. The molecule has 0 spiro atoms. The minimum Gasteiger partial charge on any atom is -0.366 e. The summed E-state index contributed by atoms with van der Waals surface area (Å²) in [6.45, 7) is 0.883. The third kappa shape index (κ3) is 2.86. The van der Waals surface area contributed by atoms with E-state index in [-0.39, 0.29) is 6.04 Å². The van der Waals surface area contributed by atoms with E-state index in [0.29, 0.717) is 0 Å². The van der Waals surface area contributed by atoms with Gasteiger partial charge in [-0.15, -0.1) is 0 Å². The van der Waals surface area contributed by atoms with Gasteiger partial charge >= 0.3 is 0 Å². The molecule has 0 N–H and O–H groups in total. The molecule has 1 aliphatic heterocycles. The first kappa shape index (κ1) is 15.3. The van der Waals surface area contributed by atoms with Crippen molar-refractivity contribution < 1.29 is 4.79 Å². The number of hydrogen-bond acceptors (Lipinski definition) is 4. The van der Waals surface area contributed by atoms with E-state index in [0.717, 1.165) is 30.6 Å². The van der Waals surface area contributed by atoms with Gasteiger partial charge in [-0.2, -0.15) is 5.10 Å². The number of rotatable bonds is 4. The number of fused-ring (bicyclic) bond motifs is 1. The van der Waals surface area contributed by atoms with Crippen molar-refractivity contribution in [2.45, 2.75) is 12.5 Å². The maximum Gasteiger partial charge on any atom is 0.155 e. The number of nitrogens with zero attached hydrogens (tertiary/aromatic N) is 4. The molecule has 0 saturated carbocycles. The third-order valence-corrected chi connectivity index (χ3v) is 4.23. The van der Waals surface area contributed by atoms with Crippen molar-refractivity contribution in [2.24, 2.45) is 7.05 Å². The highest BCUT2D eigenvalue weighted by Gasteiger charge is 2.30. The van der Waals surface area contributed by atoms with E-state index in [4.69, 9.17) is 0 Å². The zero-order chi connectivity index (χ0) is 16.4. The van der Waals surface area contributed by atoms with Crippen molar-refractivity contribution in [3.8, 4) is 0 Å². The Morgan fingerprint density at radius 3 is 2.78 bits per heavy atom. The fraction of sp³-hybridized carbons (Fsp3) is 0.333. The van der Waals surface area contributed by atoms with Gasteiger partial charge in [-0.05, 0) is 23.6 Å². The molecule has 1 aliphatic rings. The number of anilines is 1. The Morgan fingerprint density at radius 2 is 2.04 bits per heavy atom. The fourth-order valence-electron chi connectivity index (χ4n) is 3.27. The predicted molar refractivity (Wildman–Crippen MR) is 91.4 cm³/mol. The average molecular weight is 310 g/mol. The van der Waals surface area contributed by atoms with E-state index >= 15 is 0 Å². The fourth-order valence-corrected chi connectivity index (χ4v) is 3.27. The molecular weight excluding hydrogens is 288 g/mol. The van der Waals surface area contributed by atoms with Gasteiger partial charge in [0.05, 0.1) is 6.04 Å². The number of aryl methyl sites for hydroxylation is 1. The summed E-state index contributed by atoms with van der Waals surface area (Å²) >= 11 is 0. The Bertz CT molecular complexity index is 732. The summed E-state index contributed by atoms with van der Waals surface area (Å²) in [6, 6.07) is 8.59. The predicted octanol–water partition coefficient (Wildman–Crippen LogP) is 2.15. The normalized spacial score (nSPS) is 17.3. The molecule has 0 bridgehead atoms. The van der Waals surface area contributed by atoms with Crippen LogP contribution < -0.4 is 4.90 Å². The lowest BCUT2D eigenvalue weighted by Gasteiger charge is -2.37. The van der Waals surface area contributed by atoms with Crippen LogP contribution in [0.25, 0.3) is 0 Å². The van der Waals surface area contributed by atoms with Crippen molar-refractivity contribution in [1.82, 2.24) is 14.7 Å². The molecule has 0 aliphatic carbocycles. The second-order valence-electron chi connectivity index (χ2n) is 6.04. The Balaban J connectivity index is 2.15. The van der Waals surface area contributed by atoms with E-state index in [1.807, 2.05) is 36.9 Å². The van der Waals surface area contributed by atoms with Crippen molar-refractivity contribution >= 4 is 12.1 Å². The lowest BCUT2D eigenvalue weighted by Crippen LogP contribution is -2.32. The second-order valence-corrected chi connectivity index (χ2v) is 6.04. The van der Waals surface area contributed by atoms with Crippen LogP contribution in [-0.2, 0) is 18.3 Å². The number of hydrogen-bond donors (Lipinski definition) is 0. The summed E-state index contributed by atoms with van der Waals surface area (Å²) in [5.74, 6) is 0.957. The molecule has 0 fully saturated rings. The third-order valence-electron chi connectivity index (χ3n) is 4.23. The van der Waals surface area contributed by atoms with Gasteiger partial charge in [0.25, 0.3) is 0 Å². The molecule has 2 heterocycles. The smallest absolute Gasteiger partial charge is 0.155 e. The highest BCUT2D eigenvalue weighted by molar-refractivity contribution is 5.64. The quantitative estimate of drug-likeness (QED) is 0.641. The molecule has 1 aromatic carbocycles. The highest BCUT2D eigenvalue weighted by atomic mass is 16.1. The topological polar surface area (TPSA) is 41.4 Å². The van der Waals surface area contributed by atoms with E-state index < -0.39 is 0 Å². The van der Waals surface area contributed by atoms with Gasteiger partial charge in [-0.1, -0.05) is 24.3 Å². The van der Waals surface area contributed by atoms with Crippen molar-refractivity contribution in [1.29, 1.82) is 0 Å². The van der Waals surface area contributed by atoms with Crippen molar-refractivity contribution in [3.05, 3.63) is 59.4 Å². The lowest BCUT2D eigenvalue weighted by atomic mass is 9.89. The number of aldehydes is 1. The number of allylic oxidation sites excluding steroid dienone is 1. The molecule has 1 aromatic heterocycles. The van der Waals surface area contributed by atoms with Crippen LogP contribution in [0.4, 0.5) is 5.82 Å². The maximum atomic E-state index is 10.8. The van der Waals surface area contributed by atoms with Crippen LogP contribution in [0.2, 0.25) is 0 Å². The molecule has 2 aromatic rings. The van der Waals surface area contributed by atoms with Crippen LogP contribution >= 0.6 is 0 Å². The zero-order valence-electron chi connectivity index (χ0n) is 13.8. The summed E-state index contributed by atoms with van der Waals surface area (Å²) in [6.07, 6.45) is 7.33. The molecule has 120 valence electrons. The Kier molecular flexibility index (Phi) is 4.19. The van der Waals surface area contributed by atoms with Crippen LogP contribution in [0.5, 0.6) is 0 Å². The number of benzene rings is 1. The van der Waals surface area contributed by atoms with Gasteiger partial charge in [0.15, 0.2) is 5.82 Å². The van der Waals surface area contributed by atoms with Gasteiger partial charge in [0.1, 0.15) is 6.29 Å². The van der Waals surface area contributed by atoms with Gasteiger partial charge in [-0.3, -0.25) is 9.48 Å². The molecule has 3 rings (SSSR count). The first-order valence-electron chi connectivity index (χ1n) is 7.78. The van der Waals surface area contributed by atoms with Crippen LogP contribution in [0.1, 0.15) is 22.7 Å². The number of carbonyl (C=O) groups excluding carboxylic acids is 1. The second kappa shape index (κ2) is 6.28. The molecule has 5 heteroatoms. The van der Waals surface area contributed by atoms with E-state index in [1.54, 1.807) is 6.08 Å². The van der Waals surface area contributed by atoms with Gasteiger partial charge < -0.3 is 9.80 Å². The van der Waals surface area contributed by atoms with Gasteiger partial charge in [0, 0.05) is 45.6 Å². The summed E-state index contributed by atoms with van der Waals surface area (Å²) < 4.78 is 1.85. The Hall–Kier alpha value is -2.56. The minimum atomic E-state index is 0.0715. The molecule has 0 saturated heterocycles. The van der Waals surface area contributed by atoms with Crippen molar-refractivity contribution in [3.63, 3.8) is 0 Å². The summed E-state index contributed by atoms with van der Waals surface area (Å²) in [5, 5.41) is 4.60. The molecule has 0 radical (unpaired) electrons. The zero-order valence-corrected chi connectivity index (χ0v) is 13.8. The highest BCUT2D eigenvalue weighted by Crippen LogP contribution is 2.38. The number of aromatic nitrogens is 2. The molecule has 23 heavy (non-hydrogen) atoms. The van der Waals surface area contributed by atoms with Crippen LogP contribution in [0.15, 0.2) is 42.7 Å². The molecule has 5 nitrogen and oxygen atoms in total. The largest absolute Gasteiger partial charge is 0.366 e. The lowest BCUT2D eigenvalue weighted by molar-refractivity contribution is -0.104. The molecule has 0 amide bonds. The van der Waals surface area contributed by atoms with Crippen LogP contribution in [-0.4, -0.2) is 41.6 Å². The first-order valence-corrected chi connectivity index (χ1v) is 7.78. The molecule has 1 unspecified atom stereocenters. The molecule has 1 atom stereocenters. The van der Waals surface area contributed by atoms with E-state index in [2.05, 4.69) is 40.5 Å². The average Bonchev–Trinajstić information content (AvgIpc) is 2.94. The maximum absolute atomic E-state index is 10.8. The number of carbonyl (C=O) groups is 1. The van der Waals surface area contributed by atoms with Crippen molar-refractivity contribution in [2.75, 3.05) is 25.5 Å². The van der Waals surface area contributed by atoms with Crippen LogP contribution in [0.3, 0.4) is 0 Å². The van der Waals surface area contributed by atoms with Gasteiger partial charge in [-0.25, -0.2) is 0 Å². The van der Waals surface area contributed by atoms with Crippen LogP contribution in [0, 0.1) is 0 Å². The standard InChI is InChI=1S/C18H22N4O/c1-20(2)18-16(13-21(3)19-18)17-15-8-5-4-7-14(15)9-11-22(17)10-6-12-23/h4-8,10,12-13,17H,9,11H2,1-3H3. The Morgan fingerprint density at radius 1 is 1.26 bits per heavy atom. The van der Waals surface area contributed by atoms with Gasteiger partial charge in [0.2, 0.25) is 0 Å². The minimum absolute atomic E-state index is 0.0715. The first-order chi connectivity index (χ1) is 11.1. The van der Waals surface area contributed by atoms with E-state index in [1.165, 1.54) is 11.1 Å². The Labute approximate surface area is 136 Å². The summed E-state index contributed by atoms with van der Waals surface area (Å²) in [4.78, 5) is 15.0. The monoisotopic (exact) mass is 310 g/mol. The van der Waals surface area contributed by atoms with E-state index in [9.17, 15) is 4.79 Å². The SMILES string of the molecule is CN(C)c1nn(C)cc1C1c2ccccc2CCN1C=CC=O. The summed E-state index contributed by atoms with van der Waals surface area (Å²) in [7, 11) is 5.95.